The third-order valence-corrected chi connectivity index (χ3v) is 5.31. The highest BCUT2D eigenvalue weighted by molar-refractivity contribution is 5.93. The Bertz CT molecular complexity index is 625. The monoisotopic (exact) mass is 329 g/mol. The van der Waals surface area contributed by atoms with Crippen LogP contribution in [0.4, 0.5) is 0 Å². The summed E-state index contributed by atoms with van der Waals surface area (Å²) in [6.07, 6.45) is 7.75. The number of amides is 1. The molecule has 0 spiro atoms. The number of likely N-dealkylation sites (tertiary alicyclic amines) is 1. The number of nitrogens with zero attached hydrogens (tertiary/aromatic N) is 1. The second-order valence-electron chi connectivity index (χ2n) is 7.14. The summed E-state index contributed by atoms with van der Waals surface area (Å²) in [5.74, 6) is 1.01. The van der Waals surface area contributed by atoms with Gasteiger partial charge in [0.15, 0.2) is 0 Å². The van der Waals surface area contributed by atoms with Crippen molar-refractivity contribution in [3.8, 4) is 5.75 Å². The number of hydrogen-bond donors (Lipinski definition) is 1. The van der Waals surface area contributed by atoms with Crippen molar-refractivity contribution in [3.05, 3.63) is 41.5 Å². The number of hydrogen-bond acceptors (Lipinski definition) is 3. The van der Waals surface area contributed by atoms with Crippen molar-refractivity contribution in [1.82, 2.24) is 4.90 Å². The molecule has 0 unspecified atom stereocenters. The van der Waals surface area contributed by atoms with Crippen molar-refractivity contribution in [2.75, 3.05) is 26.8 Å². The molecule has 1 heterocycles. The minimum atomic E-state index is -0.251. The number of aliphatic hydroxyl groups is 1. The Hall–Kier alpha value is -1.81. The van der Waals surface area contributed by atoms with Crippen LogP contribution >= 0.6 is 0 Å². The molecule has 1 aliphatic heterocycles. The Labute approximate surface area is 144 Å². The summed E-state index contributed by atoms with van der Waals surface area (Å²) in [6, 6.07) is 8.00. The van der Waals surface area contributed by atoms with Crippen LogP contribution in [0.3, 0.4) is 0 Å². The first-order valence-corrected chi connectivity index (χ1v) is 8.88. The first-order valence-electron chi connectivity index (χ1n) is 8.88. The predicted octanol–water partition coefficient (Wildman–Crippen LogP) is 2.95. The molecule has 1 saturated heterocycles. The topological polar surface area (TPSA) is 49.8 Å². The van der Waals surface area contributed by atoms with Crippen LogP contribution in [0.1, 0.15) is 37.7 Å². The summed E-state index contributed by atoms with van der Waals surface area (Å²) in [5.41, 5.74) is 1.86. The van der Waals surface area contributed by atoms with Crippen LogP contribution in [0.15, 0.2) is 35.9 Å². The molecule has 0 bridgehead atoms. The lowest BCUT2D eigenvalue weighted by molar-refractivity contribution is -0.131. The van der Waals surface area contributed by atoms with Gasteiger partial charge < -0.3 is 14.7 Å². The highest BCUT2D eigenvalue weighted by atomic mass is 16.5. The van der Waals surface area contributed by atoms with Crippen molar-refractivity contribution in [1.29, 1.82) is 0 Å². The van der Waals surface area contributed by atoms with Gasteiger partial charge in [-0.3, -0.25) is 4.79 Å². The van der Waals surface area contributed by atoms with E-state index >= 15 is 0 Å². The van der Waals surface area contributed by atoms with Gasteiger partial charge in [0.2, 0.25) is 5.91 Å². The molecule has 1 aromatic carbocycles. The van der Waals surface area contributed by atoms with Gasteiger partial charge in [0, 0.05) is 24.1 Å². The molecule has 4 nitrogen and oxygen atoms in total. The van der Waals surface area contributed by atoms with Crippen LogP contribution < -0.4 is 4.74 Å². The molecule has 0 aromatic heterocycles. The maximum atomic E-state index is 12.7. The summed E-state index contributed by atoms with van der Waals surface area (Å²) >= 11 is 0. The molecule has 1 N–H and O–H groups in total. The zero-order valence-electron chi connectivity index (χ0n) is 14.5. The van der Waals surface area contributed by atoms with E-state index in [0.717, 1.165) is 62.0 Å². The Morgan fingerprint density at radius 2 is 2.25 bits per heavy atom. The van der Waals surface area contributed by atoms with Crippen LogP contribution in [0.25, 0.3) is 0 Å². The lowest BCUT2D eigenvalue weighted by atomic mass is 9.75. The van der Waals surface area contributed by atoms with Crippen LogP contribution in [-0.2, 0) is 11.2 Å². The molecule has 0 saturated carbocycles. The largest absolute Gasteiger partial charge is 0.497 e. The number of methoxy groups -OCH3 is 1. The van der Waals surface area contributed by atoms with E-state index in [0.29, 0.717) is 6.54 Å². The van der Waals surface area contributed by atoms with E-state index in [1.165, 1.54) is 0 Å². The average molecular weight is 329 g/mol. The summed E-state index contributed by atoms with van der Waals surface area (Å²) in [5, 5.41) is 10.1. The molecule has 24 heavy (non-hydrogen) atoms. The third kappa shape index (κ3) is 3.64. The average Bonchev–Trinajstić information content (AvgIpc) is 3.16. The lowest BCUT2D eigenvalue weighted by Gasteiger charge is -2.42. The fourth-order valence-electron chi connectivity index (χ4n) is 3.99. The second-order valence-corrected chi connectivity index (χ2v) is 7.14. The van der Waals surface area contributed by atoms with Gasteiger partial charge in [0.05, 0.1) is 13.7 Å². The summed E-state index contributed by atoms with van der Waals surface area (Å²) < 4.78 is 5.30. The number of rotatable bonds is 5. The maximum absolute atomic E-state index is 12.7. The fourth-order valence-corrected chi connectivity index (χ4v) is 3.99. The molecular weight excluding hydrogens is 302 g/mol. The molecule has 4 heteroatoms. The van der Waals surface area contributed by atoms with Gasteiger partial charge in [-0.25, -0.2) is 0 Å². The third-order valence-electron chi connectivity index (χ3n) is 5.31. The second kappa shape index (κ2) is 7.39. The molecule has 2 aliphatic rings. The summed E-state index contributed by atoms with van der Waals surface area (Å²) in [6.45, 7) is 1.54. The van der Waals surface area contributed by atoms with Crippen LogP contribution in [0, 0.1) is 5.41 Å². The number of allylic oxidation sites excluding steroid dienone is 1. The van der Waals surface area contributed by atoms with Gasteiger partial charge in [0.25, 0.3) is 0 Å². The standard InChI is InChI=1S/C20H27NO3/c1-24-18-9-4-6-16(12-18)13-20(15-22)10-5-11-21(14-20)19(23)17-7-2-3-8-17/h4,6-7,9,12,22H,2-3,5,8,10-11,13-15H2,1H3/t20-/m0/s1. The van der Waals surface area contributed by atoms with Crippen LogP contribution in [-0.4, -0.2) is 42.7 Å². The van der Waals surface area contributed by atoms with Gasteiger partial charge >= 0.3 is 0 Å². The number of carbonyl (C=O) groups excluding carboxylic acids is 1. The van der Waals surface area contributed by atoms with Crippen molar-refractivity contribution >= 4 is 5.91 Å². The molecule has 1 fully saturated rings. The Balaban J connectivity index is 1.74. The molecule has 1 amide bonds. The molecule has 1 aromatic rings. The van der Waals surface area contributed by atoms with E-state index in [4.69, 9.17) is 4.74 Å². The zero-order chi connectivity index (χ0) is 17.0. The van der Waals surface area contributed by atoms with E-state index in [-0.39, 0.29) is 17.9 Å². The van der Waals surface area contributed by atoms with E-state index in [1.54, 1.807) is 7.11 Å². The molecule has 0 radical (unpaired) electrons. The molecule has 3 rings (SSSR count). The summed E-state index contributed by atoms with van der Waals surface area (Å²) in [7, 11) is 1.66. The van der Waals surface area contributed by atoms with E-state index in [2.05, 4.69) is 12.1 Å². The van der Waals surface area contributed by atoms with Gasteiger partial charge in [-0.1, -0.05) is 18.2 Å². The zero-order valence-corrected chi connectivity index (χ0v) is 14.5. The number of piperidine rings is 1. The Kier molecular flexibility index (Phi) is 5.24. The highest BCUT2D eigenvalue weighted by Crippen LogP contribution is 2.35. The lowest BCUT2D eigenvalue weighted by Crippen LogP contribution is -2.49. The number of aliphatic hydroxyl groups excluding tert-OH is 1. The van der Waals surface area contributed by atoms with Crippen molar-refractivity contribution in [3.63, 3.8) is 0 Å². The number of carbonyl (C=O) groups is 1. The van der Waals surface area contributed by atoms with Gasteiger partial charge in [-0.2, -0.15) is 0 Å². The Morgan fingerprint density at radius 3 is 2.96 bits per heavy atom. The van der Waals surface area contributed by atoms with Crippen molar-refractivity contribution in [2.24, 2.45) is 5.41 Å². The maximum Gasteiger partial charge on any atom is 0.249 e. The fraction of sp³-hybridized carbons (Fsp3) is 0.550. The first-order chi connectivity index (χ1) is 11.7. The number of ether oxygens (including phenoxy) is 1. The highest BCUT2D eigenvalue weighted by Gasteiger charge is 2.37. The quantitative estimate of drug-likeness (QED) is 0.903. The van der Waals surface area contributed by atoms with Crippen LogP contribution in [0.5, 0.6) is 5.75 Å². The smallest absolute Gasteiger partial charge is 0.249 e. The minimum Gasteiger partial charge on any atom is -0.497 e. The molecule has 130 valence electrons. The van der Waals surface area contributed by atoms with E-state index in [1.807, 2.05) is 23.1 Å². The number of benzene rings is 1. The first kappa shape index (κ1) is 17.0. The summed E-state index contributed by atoms with van der Waals surface area (Å²) in [4.78, 5) is 14.7. The van der Waals surface area contributed by atoms with Gasteiger partial charge in [-0.05, 0) is 56.2 Å². The molecule has 1 aliphatic carbocycles. The SMILES string of the molecule is COc1cccc(C[C@@]2(CO)CCCN(C(=O)C3=CCCC3)C2)c1. The molecular formula is C20H27NO3. The minimum absolute atomic E-state index is 0.104. The van der Waals surface area contributed by atoms with E-state index in [9.17, 15) is 9.90 Å². The predicted molar refractivity (Wildman–Crippen MR) is 94.0 cm³/mol. The van der Waals surface area contributed by atoms with Crippen LogP contribution in [0.2, 0.25) is 0 Å². The Morgan fingerprint density at radius 1 is 1.38 bits per heavy atom. The van der Waals surface area contributed by atoms with Crippen molar-refractivity contribution < 1.29 is 14.6 Å². The normalized spacial score (nSPS) is 23.9. The molecule has 1 atom stereocenters. The van der Waals surface area contributed by atoms with Crippen molar-refractivity contribution in [2.45, 2.75) is 38.5 Å². The van der Waals surface area contributed by atoms with E-state index < -0.39 is 0 Å². The van der Waals surface area contributed by atoms with Gasteiger partial charge in [-0.15, -0.1) is 0 Å². The van der Waals surface area contributed by atoms with Gasteiger partial charge in [0.1, 0.15) is 5.75 Å².